The summed E-state index contributed by atoms with van der Waals surface area (Å²) in [6.45, 7) is 1.81. The highest BCUT2D eigenvalue weighted by Crippen LogP contribution is 2.30. The smallest absolute Gasteiger partial charge is 0.273 e. The van der Waals surface area contributed by atoms with Gasteiger partial charge >= 0.3 is 0 Å². The molecule has 110 valence electrons. The Morgan fingerprint density at radius 1 is 1.48 bits per heavy atom. The number of carbonyl (C=O) groups excluding carboxylic acids is 1. The third-order valence-electron chi connectivity index (χ3n) is 3.73. The van der Waals surface area contributed by atoms with Crippen LogP contribution in [0.5, 0.6) is 0 Å². The first-order chi connectivity index (χ1) is 10.2. The number of halogens is 1. The summed E-state index contributed by atoms with van der Waals surface area (Å²) in [6.07, 6.45) is 0.990. The van der Waals surface area contributed by atoms with Gasteiger partial charge in [0.2, 0.25) is 0 Å². The minimum Gasteiger partial charge on any atom is -0.336 e. The molecule has 1 saturated heterocycles. The van der Waals surface area contributed by atoms with Gasteiger partial charge in [0.25, 0.3) is 5.91 Å². The molecule has 0 saturated carbocycles. The molecule has 1 aliphatic rings. The van der Waals surface area contributed by atoms with Crippen LogP contribution in [0.25, 0.3) is 10.6 Å². The second-order valence-electron chi connectivity index (χ2n) is 5.08. The van der Waals surface area contributed by atoms with Crippen molar-refractivity contribution >= 4 is 28.8 Å². The Morgan fingerprint density at radius 3 is 3.00 bits per heavy atom. The molecule has 1 fully saturated rings. The standard InChI is InChI=1S/C15H16ClN3OS/c1-19(10-6-7-17-8-10)15(20)13-9-21-14(18-13)11-4-2-3-5-12(11)16/h2-5,9-10,17H,6-8H2,1H3. The predicted octanol–water partition coefficient (Wildman–Crippen LogP) is 2.90. The number of nitrogens with zero attached hydrogens (tertiary/aromatic N) is 2. The van der Waals surface area contributed by atoms with Crippen LogP contribution in [0, 0.1) is 0 Å². The van der Waals surface area contributed by atoms with Gasteiger partial charge in [0.15, 0.2) is 0 Å². The lowest BCUT2D eigenvalue weighted by atomic mass is 10.2. The van der Waals surface area contributed by atoms with E-state index in [0.717, 1.165) is 30.1 Å². The molecule has 0 radical (unpaired) electrons. The minimum atomic E-state index is -0.0294. The van der Waals surface area contributed by atoms with E-state index in [9.17, 15) is 4.79 Å². The lowest BCUT2D eigenvalue weighted by molar-refractivity contribution is 0.0739. The molecule has 1 aromatic heterocycles. The van der Waals surface area contributed by atoms with Gasteiger partial charge in [-0.25, -0.2) is 4.98 Å². The van der Waals surface area contributed by atoms with E-state index in [4.69, 9.17) is 11.6 Å². The molecule has 0 aliphatic carbocycles. The van der Waals surface area contributed by atoms with Gasteiger partial charge in [-0.2, -0.15) is 0 Å². The molecular weight excluding hydrogens is 306 g/mol. The molecular formula is C15H16ClN3OS. The fourth-order valence-corrected chi connectivity index (χ4v) is 3.56. The number of carbonyl (C=O) groups is 1. The molecule has 0 bridgehead atoms. The summed E-state index contributed by atoms with van der Waals surface area (Å²) in [4.78, 5) is 18.7. The van der Waals surface area contributed by atoms with E-state index >= 15 is 0 Å². The van der Waals surface area contributed by atoms with E-state index in [0.29, 0.717) is 10.7 Å². The van der Waals surface area contributed by atoms with Gasteiger partial charge in [-0.05, 0) is 19.0 Å². The third-order valence-corrected chi connectivity index (χ3v) is 4.94. The van der Waals surface area contributed by atoms with Crippen molar-refractivity contribution in [2.75, 3.05) is 20.1 Å². The number of amides is 1. The highest BCUT2D eigenvalue weighted by molar-refractivity contribution is 7.13. The van der Waals surface area contributed by atoms with E-state index in [2.05, 4.69) is 10.3 Å². The summed E-state index contributed by atoms with van der Waals surface area (Å²) >= 11 is 7.62. The van der Waals surface area contributed by atoms with E-state index in [1.54, 1.807) is 10.3 Å². The van der Waals surface area contributed by atoms with Crippen LogP contribution < -0.4 is 5.32 Å². The van der Waals surface area contributed by atoms with Gasteiger partial charge in [0.05, 0.1) is 5.02 Å². The first kappa shape index (κ1) is 14.5. The number of likely N-dealkylation sites (N-methyl/N-ethyl adjacent to an activating group) is 1. The second kappa shape index (κ2) is 6.13. The summed E-state index contributed by atoms with van der Waals surface area (Å²) in [5.74, 6) is -0.0294. The maximum absolute atomic E-state index is 12.5. The Bertz CT molecular complexity index is 652. The number of thiazole rings is 1. The number of rotatable bonds is 3. The Balaban J connectivity index is 1.81. The summed E-state index contributed by atoms with van der Waals surface area (Å²) < 4.78 is 0. The van der Waals surface area contributed by atoms with Crippen LogP contribution in [0.4, 0.5) is 0 Å². The van der Waals surface area contributed by atoms with E-state index in [-0.39, 0.29) is 11.9 Å². The van der Waals surface area contributed by atoms with Crippen LogP contribution >= 0.6 is 22.9 Å². The van der Waals surface area contributed by atoms with Gasteiger partial charge in [0, 0.05) is 30.6 Å². The number of hydrogen-bond donors (Lipinski definition) is 1. The average Bonchev–Trinajstić information content (AvgIpc) is 3.17. The maximum Gasteiger partial charge on any atom is 0.273 e. The summed E-state index contributed by atoms with van der Waals surface area (Å²) in [6, 6.07) is 7.80. The zero-order chi connectivity index (χ0) is 14.8. The van der Waals surface area contributed by atoms with Crippen molar-refractivity contribution in [2.45, 2.75) is 12.5 Å². The van der Waals surface area contributed by atoms with E-state index in [1.165, 1.54) is 11.3 Å². The number of nitrogens with one attached hydrogen (secondary N) is 1. The molecule has 0 spiro atoms. The normalized spacial score (nSPS) is 17.9. The number of benzene rings is 1. The van der Waals surface area contributed by atoms with Crippen LogP contribution in [0.3, 0.4) is 0 Å². The SMILES string of the molecule is CN(C(=O)c1csc(-c2ccccc2Cl)n1)C1CCNC1. The maximum atomic E-state index is 12.5. The van der Waals surface area contributed by atoms with Crippen molar-refractivity contribution < 1.29 is 4.79 Å². The molecule has 1 amide bonds. The molecule has 6 heteroatoms. The van der Waals surface area contributed by atoms with Crippen molar-refractivity contribution in [1.82, 2.24) is 15.2 Å². The molecule has 1 atom stereocenters. The Labute approximate surface area is 132 Å². The molecule has 2 aromatic rings. The first-order valence-electron chi connectivity index (χ1n) is 6.85. The van der Waals surface area contributed by atoms with Crippen molar-refractivity contribution in [1.29, 1.82) is 0 Å². The van der Waals surface area contributed by atoms with Crippen molar-refractivity contribution in [2.24, 2.45) is 0 Å². The quantitative estimate of drug-likeness (QED) is 0.945. The fourth-order valence-electron chi connectivity index (χ4n) is 2.45. The van der Waals surface area contributed by atoms with Gasteiger partial charge in [-0.3, -0.25) is 4.79 Å². The molecule has 21 heavy (non-hydrogen) atoms. The van der Waals surface area contributed by atoms with Crippen LogP contribution in [-0.4, -0.2) is 42.0 Å². The van der Waals surface area contributed by atoms with Crippen molar-refractivity contribution in [3.8, 4) is 10.6 Å². The molecule has 4 nitrogen and oxygen atoms in total. The zero-order valence-corrected chi connectivity index (χ0v) is 13.2. The average molecular weight is 322 g/mol. The fraction of sp³-hybridized carbons (Fsp3) is 0.333. The lowest BCUT2D eigenvalue weighted by Crippen LogP contribution is -2.38. The number of hydrogen-bond acceptors (Lipinski definition) is 4. The predicted molar refractivity (Wildman–Crippen MR) is 85.9 cm³/mol. The molecule has 1 aliphatic heterocycles. The molecule has 1 aromatic carbocycles. The Hall–Kier alpha value is -1.43. The van der Waals surface area contributed by atoms with Crippen molar-refractivity contribution in [3.63, 3.8) is 0 Å². The summed E-state index contributed by atoms with van der Waals surface area (Å²) in [7, 11) is 1.84. The highest BCUT2D eigenvalue weighted by Gasteiger charge is 2.25. The topological polar surface area (TPSA) is 45.2 Å². The van der Waals surface area contributed by atoms with Crippen molar-refractivity contribution in [3.05, 3.63) is 40.4 Å². The summed E-state index contributed by atoms with van der Waals surface area (Å²) in [5, 5.41) is 6.51. The van der Waals surface area contributed by atoms with Gasteiger partial charge in [-0.1, -0.05) is 29.8 Å². The van der Waals surface area contributed by atoms with Crippen LogP contribution in [0.15, 0.2) is 29.6 Å². The molecule has 2 heterocycles. The Morgan fingerprint density at radius 2 is 2.29 bits per heavy atom. The third kappa shape index (κ3) is 2.95. The van der Waals surface area contributed by atoms with E-state index in [1.807, 2.05) is 31.3 Å². The van der Waals surface area contributed by atoms with Crippen LogP contribution in [0.2, 0.25) is 5.02 Å². The lowest BCUT2D eigenvalue weighted by Gasteiger charge is -2.22. The Kier molecular flexibility index (Phi) is 4.24. The first-order valence-corrected chi connectivity index (χ1v) is 8.11. The number of aromatic nitrogens is 1. The van der Waals surface area contributed by atoms with Crippen LogP contribution in [0.1, 0.15) is 16.9 Å². The molecule has 1 unspecified atom stereocenters. The summed E-state index contributed by atoms with van der Waals surface area (Å²) in [5.41, 5.74) is 1.36. The second-order valence-corrected chi connectivity index (χ2v) is 6.35. The van der Waals surface area contributed by atoms with E-state index < -0.39 is 0 Å². The minimum absolute atomic E-state index is 0.0294. The zero-order valence-electron chi connectivity index (χ0n) is 11.7. The largest absolute Gasteiger partial charge is 0.336 e. The van der Waals surface area contributed by atoms with Gasteiger partial charge < -0.3 is 10.2 Å². The van der Waals surface area contributed by atoms with Crippen LogP contribution in [-0.2, 0) is 0 Å². The molecule has 1 N–H and O–H groups in total. The molecule has 3 rings (SSSR count). The highest BCUT2D eigenvalue weighted by atomic mass is 35.5. The van der Waals surface area contributed by atoms with Gasteiger partial charge in [0.1, 0.15) is 10.7 Å². The monoisotopic (exact) mass is 321 g/mol. The van der Waals surface area contributed by atoms with Gasteiger partial charge in [-0.15, -0.1) is 11.3 Å².